The Morgan fingerprint density at radius 1 is 1.33 bits per heavy atom. The van der Waals surface area contributed by atoms with Gasteiger partial charge in [0, 0.05) is 13.0 Å². The normalized spacial score (nSPS) is 16.0. The molecule has 1 aliphatic rings. The molecule has 0 spiro atoms. The van der Waals surface area contributed by atoms with Crippen molar-refractivity contribution < 1.29 is 4.79 Å². The van der Waals surface area contributed by atoms with Gasteiger partial charge >= 0.3 is 0 Å². The largest absolute Gasteiger partial charge is 0.397 e. The van der Waals surface area contributed by atoms with E-state index in [4.69, 9.17) is 5.73 Å². The van der Waals surface area contributed by atoms with E-state index in [1.54, 1.807) is 11.0 Å². The lowest BCUT2D eigenvalue weighted by atomic mass is 10.1. The van der Waals surface area contributed by atoms with Gasteiger partial charge in [0.1, 0.15) is 0 Å². The molecule has 0 aliphatic carbocycles. The quantitative estimate of drug-likeness (QED) is 0.494. The Bertz CT molecular complexity index is 322. The average Bonchev–Trinajstić information content (AvgIpc) is 2.06. The van der Waals surface area contributed by atoms with Gasteiger partial charge in [-0.2, -0.15) is 0 Å². The van der Waals surface area contributed by atoms with E-state index < -0.39 is 0 Å². The van der Waals surface area contributed by atoms with Crippen molar-refractivity contribution in [2.24, 2.45) is 0 Å². The maximum atomic E-state index is 11.1. The highest BCUT2D eigenvalue weighted by atomic mass is 16.2. The summed E-state index contributed by atoms with van der Waals surface area (Å²) in [6.45, 7) is 0.799. The number of para-hydroxylation sites is 2. The third kappa shape index (κ3) is 0.942. The number of benzene rings is 1. The minimum atomic E-state index is 0.160. The van der Waals surface area contributed by atoms with Crippen LogP contribution < -0.4 is 10.6 Å². The summed E-state index contributed by atoms with van der Waals surface area (Å²) in [5.74, 6) is 0.160. The third-order valence-corrected chi connectivity index (χ3v) is 2.08. The highest BCUT2D eigenvalue weighted by molar-refractivity contribution is 6.01. The fourth-order valence-corrected chi connectivity index (χ4v) is 1.30. The predicted molar refractivity (Wildman–Crippen MR) is 47.8 cm³/mol. The number of nitrogens with zero attached hydrogens (tertiary/aromatic N) is 1. The molecular weight excluding hydrogens is 152 g/mol. The van der Waals surface area contributed by atoms with Crippen LogP contribution in [0.4, 0.5) is 11.4 Å². The second-order valence-corrected chi connectivity index (χ2v) is 2.85. The molecule has 1 fully saturated rings. The molecule has 2 N–H and O–H groups in total. The Morgan fingerprint density at radius 3 is 2.58 bits per heavy atom. The van der Waals surface area contributed by atoms with Gasteiger partial charge in [0.05, 0.1) is 11.4 Å². The van der Waals surface area contributed by atoms with Gasteiger partial charge in [-0.05, 0) is 12.1 Å². The number of amides is 1. The lowest BCUT2D eigenvalue weighted by Gasteiger charge is -2.31. The lowest BCUT2D eigenvalue weighted by molar-refractivity contribution is -0.122. The molecule has 0 radical (unpaired) electrons. The molecule has 1 amide bonds. The van der Waals surface area contributed by atoms with Crippen molar-refractivity contribution in [3.63, 3.8) is 0 Å². The van der Waals surface area contributed by atoms with Gasteiger partial charge in [-0.1, -0.05) is 12.1 Å². The van der Waals surface area contributed by atoms with E-state index in [0.29, 0.717) is 12.1 Å². The van der Waals surface area contributed by atoms with Crippen LogP contribution in [0, 0.1) is 0 Å². The van der Waals surface area contributed by atoms with Gasteiger partial charge in [0.15, 0.2) is 0 Å². The first kappa shape index (κ1) is 7.16. The van der Waals surface area contributed by atoms with Crippen LogP contribution in [0.3, 0.4) is 0 Å². The highest BCUT2D eigenvalue weighted by Crippen LogP contribution is 2.27. The van der Waals surface area contributed by atoms with Crippen LogP contribution in [-0.2, 0) is 4.79 Å². The summed E-state index contributed by atoms with van der Waals surface area (Å²) in [5.41, 5.74) is 7.21. The lowest BCUT2D eigenvalue weighted by Crippen LogP contribution is -2.43. The molecule has 3 nitrogen and oxygen atoms in total. The number of nitrogens with two attached hydrogens (primary N) is 1. The van der Waals surface area contributed by atoms with Crippen molar-refractivity contribution in [1.82, 2.24) is 0 Å². The topological polar surface area (TPSA) is 46.3 Å². The number of anilines is 2. The number of nitrogen functional groups attached to an aromatic ring is 1. The molecule has 0 saturated carbocycles. The Kier molecular flexibility index (Phi) is 1.50. The number of rotatable bonds is 1. The van der Waals surface area contributed by atoms with Crippen molar-refractivity contribution in [3.8, 4) is 0 Å². The summed E-state index contributed by atoms with van der Waals surface area (Å²) >= 11 is 0. The van der Waals surface area contributed by atoms with Crippen LogP contribution in [0.5, 0.6) is 0 Å². The maximum Gasteiger partial charge on any atom is 0.228 e. The van der Waals surface area contributed by atoms with Crippen LogP contribution in [0.25, 0.3) is 0 Å². The Morgan fingerprint density at radius 2 is 2.08 bits per heavy atom. The molecule has 0 unspecified atom stereocenters. The van der Waals surface area contributed by atoms with E-state index >= 15 is 0 Å². The fraction of sp³-hybridized carbons (Fsp3) is 0.222. The van der Waals surface area contributed by atoms with Crippen LogP contribution >= 0.6 is 0 Å². The van der Waals surface area contributed by atoms with Gasteiger partial charge in [0.2, 0.25) is 5.91 Å². The summed E-state index contributed by atoms with van der Waals surface area (Å²) < 4.78 is 0. The SMILES string of the molecule is Nc1ccccc1N1CCC1=O. The third-order valence-electron chi connectivity index (χ3n) is 2.08. The van der Waals surface area contributed by atoms with Crippen molar-refractivity contribution in [3.05, 3.63) is 24.3 Å². The smallest absolute Gasteiger partial charge is 0.228 e. The highest BCUT2D eigenvalue weighted by Gasteiger charge is 2.26. The molecule has 2 rings (SSSR count). The van der Waals surface area contributed by atoms with Gasteiger partial charge in [-0.3, -0.25) is 4.79 Å². The van der Waals surface area contributed by atoms with Crippen molar-refractivity contribution in [2.45, 2.75) is 6.42 Å². The van der Waals surface area contributed by atoms with E-state index in [0.717, 1.165) is 12.2 Å². The van der Waals surface area contributed by atoms with Crippen molar-refractivity contribution in [2.75, 3.05) is 17.2 Å². The summed E-state index contributed by atoms with van der Waals surface area (Å²) in [6, 6.07) is 7.42. The van der Waals surface area contributed by atoms with Crippen LogP contribution in [0.15, 0.2) is 24.3 Å². The molecule has 12 heavy (non-hydrogen) atoms. The first-order chi connectivity index (χ1) is 5.79. The molecular formula is C9H10N2O. The van der Waals surface area contributed by atoms with E-state index in [9.17, 15) is 4.79 Å². The average molecular weight is 162 g/mol. The summed E-state index contributed by atoms with van der Waals surface area (Å²) in [7, 11) is 0. The zero-order valence-electron chi connectivity index (χ0n) is 6.66. The second kappa shape index (κ2) is 2.52. The van der Waals surface area contributed by atoms with E-state index in [1.165, 1.54) is 0 Å². The molecule has 1 aromatic rings. The zero-order chi connectivity index (χ0) is 8.55. The molecule has 0 aromatic heterocycles. The zero-order valence-corrected chi connectivity index (χ0v) is 6.66. The van der Waals surface area contributed by atoms with E-state index in [-0.39, 0.29) is 5.91 Å². The number of β-lactam (4-membered cyclic amide) rings is 1. The number of carbonyl (C=O) groups excluding carboxylic acids is 1. The molecule has 62 valence electrons. The van der Waals surface area contributed by atoms with E-state index in [2.05, 4.69) is 0 Å². The van der Waals surface area contributed by atoms with Crippen LogP contribution in [0.2, 0.25) is 0 Å². The molecule has 1 saturated heterocycles. The molecule has 1 heterocycles. The van der Waals surface area contributed by atoms with Gasteiger partial charge < -0.3 is 10.6 Å². The summed E-state index contributed by atoms with van der Waals surface area (Å²) in [4.78, 5) is 12.8. The van der Waals surface area contributed by atoms with Gasteiger partial charge in [-0.15, -0.1) is 0 Å². The number of hydrogen-bond donors (Lipinski definition) is 1. The van der Waals surface area contributed by atoms with Gasteiger partial charge in [-0.25, -0.2) is 0 Å². The molecule has 3 heteroatoms. The second-order valence-electron chi connectivity index (χ2n) is 2.85. The van der Waals surface area contributed by atoms with Gasteiger partial charge in [0.25, 0.3) is 0 Å². The van der Waals surface area contributed by atoms with Crippen molar-refractivity contribution >= 4 is 17.3 Å². The molecule has 1 aliphatic heterocycles. The van der Waals surface area contributed by atoms with Crippen molar-refractivity contribution in [1.29, 1.82) is 0 Å². The molecule has 0 bridgehead atoms. The Hall–Kier alpha value is -1.51. The van der Waals surface area contributed by atoms with Crippen LogP contribution in [-0.4, -0.2) is 12.5 Å². The number of carbonyl (C=O) groups is 1. The molecule has 0 atom stereocenters. The summed E-state index contributed by atoms with van der Waals surface area (Å²) in [5, 5.41) is 0. The number of hydrogen-bond acceptors (Lipinski definition) is 2. The van der Waals surface area contributed by atoms with Crippen LogP contribution in [0.1, 0.15) is 6.42 Å². The molecule has 1 aromatic carbocycles. The Balaban J connectivity index is 2.33. The minimum Gasteiger partial charge on any atom is -0.397 e. The fourth-order valence-electron chi connectivity index (χ4n) is 1.30. The maximum absolute atomic E-state index is 11.1. The standard InChI is InChI=1S/C9H10N2O/c10-7-3-1-2-4-8(7)11-6-5-9(11)12/h1-4H,5-6,10H2. The first-order valence-electron chi connectivity index (χ1n) is 3.94. The minimum absolute atomic E-state index is 0.160. The monoisotopic (exact) mass is 162 g/mol. The first-order valence-corrected chi connectivity index (χ1v) is 3.94. The predicted octanol–water partition coefficient (Wildman–Crippen LogP) is 1.01. The summed E-state index contributed by atoms with van der Waals surface area (Å²) in [6.07, 6.45) is 0.647. The van der Waals surface area contributed by atoms with E-state index in [1.807, 2.05) is 18.2 Å². The Labute approximate surface area is 70.8 Å².